The topological polar surface area (TPSA) is 72.5 Å². The van der Waals surface area contributed by atoms with Gasteiger partial charge in [0.1, 0.15) is 11.2 Å². The van der Waals surface area contributed by atoms with Crippen LogP contribution in [0.5, 0.6) is 5.75 Å². The molecule has 0 aliphatic rings. The van der Waals surface area contributed by atoms with Gasteiger partial charge >= 0.3 is 5.97 Å². The number of nitrogens with two attached hydrogens (primary N) is 1. The van der Waals surface area contributed by atoms with E-state index in [1.54, 1.807) is 12.1 Å². The Bertz CT molecular complexity index is 571. The lowest BCUT2D eigenvalue weighted by Gasteiger charge is -2.28. The maximum Gasteiger partial charge on any atom is 0.315 e. The number of carbonyl (C=O) groups is 1. The third-order valence-electron chi connectivity index (χ3n) is 3.62. The van der Waals surface area contributed by atoms with Gasteiger partial charge in [0.2, 0.25) is 0 Å². The molecular formula is C17H19NO3. The summed E-state index contributed by atoms with van der Waals surface area (Å²) in [7, 11) is 0. The summed E-state index contributed by atoms with van der Waals surface area (Å²) in [5, 5.41) is 9.64. The first kappa shape index (κ1) is 15.1. The summed E-state index contributed by atoms with van der Waals surface area (Å²) in [4.78, 5) is 11.8. The van der Waals surface area contributed by atoms with E-state index in [0.717, 1.165) is 5.75 Å². The number of hydrogen-bond acceptors (Lipinski definition) is 3. The van der Waals surface area contributed by atoms with Crippen LogP contribution < -0.4 is 10.5 Å². The molecule has 21 heavy (non-hydrogen) atoms. The van der Waals surface area contributed by atoms with E-state index >= 15 is 0 Å². The van der Waals surface area contributed by atoms with Gasteiger partial charge in [-0.05, 0) is 17.7 Å². The molecule has 4 nitrogen and oxygen atoms in total. The summed E-state index contributed by atoms with van der Waals surface area (Å²) in [5.41, 5.74) is 5.37. The molecule has 0 aromatic heterocycles. The number of carboxylic acids is 1. The Morgan fingerprint density at radius 3 is 2.14 bits per heavy atom. The molecule has 0 aliphatic heterocycles. The normalized spacial score (nSPS) is 13.4. The van der Waals surface area contributed by atoms with Gasteiger partial charge in [-0.2, -0.15) is 0 Å². The molecule has 2 rings (SSSR count). The Kier molecular flexibility index (Phi) is 4.95. The predicted molar refractivity (Wildman–Crippen MR) is 81.4 cm³/mol. The zero-order valence-corrected chi connectivity index (χ0v) is 11.7. The van der Waals surface area contributed by atoms with E-state index in [1.165, 1.54) is 0 Å². The van der Waals surface area contributed by atoms with Crippen molar-refractivity contribution >= 4 is 5.97 Å². The van der Waals surface area contributed by atoms with Crippen LogP contribution in [0.15, 0.2) is 60.7 Å². The second-order valence-electron chi connectivity index (χ2n) is 4.87. The first-order chi connectivity index (χ1) is 10.2. The second kappa shape index (κ2) is 6.90. The molecule has 2 aromatic rings. The van der Waals surface area contributed by atoms with Gasteiger partial charge < -0.3 is 15.6 Å². The maximum atomic E-state index is 11.8. The molecule has 1 atom stereocenters. The maximum absolute atomic E-state index is 11.8. The van der Waals surface area contributed by atoms with Crippen molar-refractivity contribution in [1.82, 2.24) is 0 Å². The standard InChI is InChI=1S/C17H19NO3/c18-13-17(16(19)20,14-7-3-1-4-8-14)11-12-21-15-9-5-2-6-10-15/h1-10H,11-13,18H2,(H,19,20). The molecule has 0 spiro atoms. The van der Waals surface area contributed by atoms with Crippen LogP contribution in [0.25, 0.3) is 0 Å². The molecule has 0 saturated heterocycles. The third kappa shape index (κ3) is 3.41. The van der Waals surface area contributed by atoms with Crippen molar-refractivity contribution in [2.24, 2.45) is 5.73 Å². The fourth-order valence-electron chi connectivity index (χ4n) is 2.30. The molecule has 3 N–H and O–H groups in total. The largest absolute Gasteiger partial charge is 0.494 e. The second-order valence-corrected chi connectivity index (χ2v) is 4.87. The van der Waals surface area contributed by atoms with Crippen LogP contribution in [0.3, 0.4) is 0 Å². The Hall–Kier alpha value is -2.33. The van der Waals surface area contributed by atoms with Crippen LogP contribution in [-0.2, 0) is 10.2 Å². The van der Waals surface area contributed by atoms with Crippen molar-refractivity contribution in [3.63, 3.8) is 0 Å². The molecule has 0 heterocycles. The fraction of sp³-hybridized carbons (Fsp3) is 0.235. The summed E-state index contributed by atoms with van der Waals surface area (Å²) in [6.07, 6.45) is 0.317. The van der Waals surface area contributed by atoms with Gasteiger partial charge in [0, 0.05) is 13.0 Å². The van der Waals surface area contributed by atoms with Crippen molar-refractivity contribution in [2.75, 3.05) is 13.2 Å². The molecule has 2 aromatic carbocycles. The third-order valence-corrected chi connectivity index (χ3v) is 3.62. The molecule has 0 bridgehead atoms. The Morgan fingerprint density at radius 1 is 1.05 bits per heavy atom. The van der Waals surface area contributed by atoms with Crippen LogP contribution in [0.1, 0.15) is 12.0 Å². The Balaban J connectivity index is 2.12. The van der Waals surface area contributed by atoms with Crippen molar-refractivity contribution in [3.05, 3.63) is 66.2 Å². The number of carboxylic acid groups (broad SMARTS) is 1. The van der Waals surface area contributed by atoms with E-state index in [0.29, 0.717) is 18.6 Å². The molecule has 0 amide bonds. The lowest BCUT2D eigenvalue weighted by Crippen LogP contribution is -2.44. The lowest BCUT2D eigenvalue weighted by molar-refractivity contribution is -0.144. The molecule has 0 aliphatic carbocycles. The summed E-state index contributed by atoms with van der Waals surface area (Å²) < 4.78 is 5.62. The fourth-order valence-corrected chi connectivity index (χ4v) is 2.30. The van der Waals surface area contributed by atoms with Gasteiger partial charge in [-0.3, -0.25) is 4.79 Å². The zero-order chi connectivity index (χ0) is 15.1. The number of aliphatic carboxylic acids is 1. The van der Waals surface area contributed by atoms with Gasteiger partial charge in [0.05, 0.1) is 6.61 Å². The minimum Gasteiger partial charge on any atom is -0.494 e. The summed E-state index contributed by atoms with van der Waals surface area (Å²) in [6.45, 7) is 0.326. The molecule has 0 radical (unpaired) electrons. The first-order valence-corrected chi connectivity index (χ1v) is 6.86. The summed E-state index contributed by atoms with van der Waals surface area (Å²) in [6, 6.07) is 18.4. The minimum atomic E-state index is -1.12. The molecule has 1 unspecified atom stereocenters. The highest BCUT2D eigenvalue weighted by Crippen LogP contribution is 2.28. The monoisotopic (exact) mass is 285 g/mol. The van der Waals surface area contributed by atoms with Gasteiger partial charge in [-0.1, -0.05) is 48.5 Å². The number of ether oxygens (including phenoxy) is 1. The number of para-hydroxylation sites is 1. The molecule has 0 fully saturated rings. The van der Waals surface area contributed by atoms with E-state index in [2.05, 4.69) is 0 Å². The highest BCUT2D eigenvalue weighted by atomic mass is 16.5. The van der Waals surface area contributed by atoms with E-state index < -0.39 is 11.4 Å². The van der Waals surface area contributed by atoms with Crippen molar-refractivity contribution in [2.45, 2.75) is 11.8 Å². The SMILES string of the molecule is NCC(CCOc1ccccc1)(C(=O)O)c1ccccc1. The number of rotatable bonds is 7. The van der Waals surface area contributed by atoms with Gasteiger partial charge in [-0.25, -0.2) is 0 Å². The van der Waals surface area contributed by atoms with Crippen LogP contribution in [-0.4, -0.2) is 24.2 Å². The van der Waals surface area contributed by atoms with Crippen LogP contribution in [0, 0.1) is 0 Å². The van der Waals surface area contributed by atoms with Crippen molar-refractivity contribution in [3.8, 4) is 5.75 Å². The average Bonchev–Trinajstić information content (AvgIpc) is 2.53. The number of hydrogen-bond donors (Lipinski definition) is 2. The zero-order valence-electron chi connectivity index (χ0n) is 11.7. The quantitative estimate of drug-likeness (QED) is 0.819. The Morgan fingerprint density at radius 2 is 1.62 bits per heavy atom. The van der Waals surface area contributed by atoms with E-state index in [1.807, 2.05) is 48.5 Å². The average molecular weight is 285 g/mol. The van der Waals surface area contributed by atoms with Crippen LogP contribution in [0.2, 0.25) is 0 Å². The summed E-state index contributed by atoms with van der Waals surface area (Å²) in [5.74, 6) is -0.199. The lowest BCUT2D eigenvalue weighted by atomic mass is 9.78. The van der Waals surface area contributed by atoms with E-state index in [9.17, 15) is 9.90 Å². The summed E-state index contributed by atoms with van der Waals surface area (Å²) >= 11 is 0. The molecular weight excluding hydrogens is 266 g/mol. The minimum absolute atomic E-state index is 0.0322. The predicted octanol–water partition coefficient (Wildman–Crippen LogP) is 2.44. The Labute approximate surface area is 124 Å². The highest BCUT2D eigenvalue weighted by molar-refractivity contribution is 5.81. The van der Waals surface area contributed by atoms with Gasteiger partial charge in [-0.15, -0.1) is 0 Å². The smallest absolute Gasteiger partial charge is 0.315 e. The van der Waals surface area contributed by atoms with Crippen molar-refractivity contribution in [1.29, 1.82) is 0 Å². The van der Waals surface area contributed by atoms with Crippen molar-refractivity contribution < 1.29 is 14.6 Å². The molecule has 0 saturated carbocycles. The van der Waals surface area contributed by atoms with Gasteiger partial charge in [0.25, 0.3) is 0 Å². The highest BCUT2D eigenvalue weighted by Gasteiger charge is 2.38. The number of benzene rings is 2. The molecule has 110 valence electrons. The van der Waals surface area contributed by atoms with Crippen LogP contribution in [0.4, 0.5) is 0 Å². The first-order valence-electron chi connectivity index (χ1n) is 6.86. The van der Waals surface area contributed by atoms with Gasteiger partial charge in [0.15, 0.2) is 0 Å². The molecule has 4 heteroatoms. The van der Waals surface area contributed by atoms with Crippen LogP contribution >= 0.6 is 0 Å². The van der Waals surface area contributed by atoms with E-state index in [-0.39, 0.29) is 6.54 Å². The van der Waals surface area contributed by atoms with E-state index in [4.69, 9.17) is 10.5 Å².